The molecule has 1 saturated heterocycles. The summed E-state index contributed by atoms with van der Waals surface area (Å²) < 4.78 is 5.20. The molecular formula is C7H15N3O. The van der Waals surface area contributed by atoms with Crippen molar-refractivity contribution in [2.24, 2.45) is 16.6 Å². The van der Waals surface area contributed by atoms with Gasteiger partial charge in [0.15, 0.2) is 5.96 Å². The first-order valence-electron chi connectivity index (χ1n) is 3.87. The molecule has 1 aliphatic rings. The summed E-state index contributed by atoms with van der Waals surface area (Å²) in [6, 6.07) is 0. The molecule has 1 atom stereocenters. The normalized spacial score (nSPS) is 25.5. The van der Waals surface area contributed by atoms with Gasteiger partial charge in [0.25, 0.3) is 0 Å². The molecular weight excluding hydrogens is 142 g/mol. The van der Waals surface area contributed by atoms with Gasteiger partial charge in [0.1, 0.15) is 0 Å². The predicted molar refractivity (Wildman–Crippen MR) is 44.5 cm³/mol. The van der Waals surface area contributed by atoms with E-state index >= 15 is 0 Å². The second-order valence-electron chi connectivity index (χ2n) is 2.72. The van der Waals surface area contributed by atoms with Gasteiger partial charge in [0, 0.05) is 26.1 Å². The van der Waals surface area contributed by atoms with Gasteiger partial charge in [-0.3, -0.25) is 4.99 Å². The maximum absolute atomic E-state index is 5.45. The van der Waals surface area contributed by atoms with E-state index in [2.05, 4.69) is 10.3 Å². The van der Waals surface area contributed by atoms with E-state index in [0.29, 0.717) is 11.9 Å². The fourth-order valence-electron chi connectivity index (χ4n) is 1.07. The van der Waals surface area contributed by atoms with Gasteiger partial charge < -0.3 is 15.8 Å². The summed E-state index contributed by atoms with van der Waals surface area (Å²) in [4.78, 5) is 3.79. The molecule has 0 spiro atoms. The number of nitrogens with two attached hydrogens (primary N) is 1. The minimum Gasteiger partial charge on any atom is -0.381 e. The first kappa shape index (κ1) is 8.33. The third-order valence-corrected chi connectivity index (χ3v) is 1.84. The van der Waals surface area contributed by atoms with E-state index < -0.39 is 0 Å². The lowest BCUT2D eigenvalue weighted by Gasteiger charge is -2.08. The van der Waals surface area contributed by atoms with Crippen LogP contribution in [0.1, 0.15) is 6.42 Å². The monoisotopic (exact) mass is 157 g/mol. The van der Waals surface area contributed by atoms with Crippen molar-refractivity contribution in [1.82, 2.24) is 5.32 Å². The van der Waals surface area contributed by atoms with Crippen LogP contribution in [0.3, 0.4) is 0 Å². The fourth-order valence-corrected chi connectivity index (χ4v) is 1.07. The van der Waals surface area contributed by atoms with Crippen molar-refractivity contribution in [3.8, 4) is 0 Å². The van der Waals surface area contributed by atoms with E-state index in [4.69, 9.17) is 10.5 Å². The quantitative estimate of drug-likeness (QED) is 0.422. The van der Waals surface area contributed by atoms with Gasteiger partial charge >= 0.3 is 0 Å². The third kappa shape index (κ3) is 2.76. The Kier molecular flexibility index (Phi) is 3.16. The number of hydrogen-bond acceptors (Lipinski definition) is 2. The molecule has 1 fully saturated rings. The summed E-state index contributed by atoms with van der Waals surface area (Å²) in [6.07, 6.45) is 1.13. The second kappa shape index (κ2) is 4.18. The van der Waals surface area contributed by atoms with E-state index in [1.165, 1.54) is 0 Å². The van der Waals surface area contributed by atoms with Crippen molar-refractivity contribution in [3.63, 3.8) is 0 Å². The van der Waals surface area contributed by atoms with Crippen LogP contribution in [0.25, 0.3) is 0 Å². The number of aliphatic imine (C=N–C) groups is 1. The van der Waals surface area contributed by atoms with Crippen molar-refractivity contribution in [2.45, 2.75) is 6.42 Å². The van der Waals surface area contributed by atoms with E-state index in [0.717, 1.165) is 26.2 Å². The number of rotatable bonds is 2. The summed E-state index contributed by atoms with van der Waals surface area (Å²) in [7, 11) is 1.67. The smallest absolute Gasteiger partial charge is 0.188 e. The lowest BCUT2D eigenvalue weighted by molar-refractivity contribution is 0.186. The summed E-state index contributed by atoms with van der Waals surface area (Å²) in [6.45, 7) is 2.61. The van der Waals surface area contributed by atoms with Crippen LogP contribution in [0.15, 0.2) is 4.99 Å². The molecule has 1 rings (SSSR count). The maximum atomic E-state index is 5.45. The summed E-state index contributed by atoms with van der Waals surface area (Å²) in [5.74, 6) is 1.12. The fraction of sp³-hybridized carbons (Fsp3) is 0.857. The molecule has 1 aliphatic heterocycles. The van der Waals surface area contributed by atoms with Gasteiger partial charge in [0.05, 0.1) is 6.61 Å². The van der Waals surface area contributed by atoms with Crippen LogP contribution in [0.4, 0.5) is 0 Å². The van der Waals surface area contributed by atoms with Crippen molar-refractivity contribution < 1.29 is 4.74 Å². The molecule has 0 aliphatic carbocycles. The van der Waals surface area contributed by atoms with Crippen molar-refractivity contribution >= 4 is 5.96 Å². The van der Waals surface area contributed by atoms with Gasteiger partial charge in [0.2, 0.25) is 0 Å². The SMILES string of the molecule is CN=C(N)NC[C@H]1CCOC1. The van der Waals surface area contributed by atoms with Crippen molar-refractivity contribution in [1.29, 1.82) is 0 Å². The molecule has 4 nitrogen and oxygen atoms in total. The number of nitrogens with zero attached hydrogens (tertiary/aromatic N) is 1. The molecule has 11 heavy (non-hydrogen) atoms. The first-order valence-corrected chi connectivity index (χ1v) is 3.87. The van der Waals surface area contributed by atoms with Crippen LogP contribution in [0.5, 0.6) is 0 Å². The highest BCUT2D eigenvalue weighted by atomic mass is 16.5. The summed E-state index contributed by atoms with van der Waals surface area (Å²) >= 11 is 0. The van der Waals surface area contributed by atoms with Gasteiger partial charge in [-0.1, -0.05) is 0 Å². The number of ether oxygens (including phenoxy) is 1. The van der Waals surface area contributed by atoms with E-state index in [1.54, 1.807) is 7.05 Å². The summed E-state index contributed by atoms with van der Waals surface area (Å²) in [5, 5.41) is 3.02. The second-order valence-corrected chi connectivity index (χ2v) is 2.72. The predicted octanol–water partition coefficient (Wildman–Crippen LogP) is -0.443. The molecule has 0 bridgehead atoms. The molecule has 0 aromatic heterocycles. The lowest BCUT2D eigenvalue weighted by atomic mass is 10.1. The standard InChI is InChI=1S/C7H15N3O/c1-9-7(8)10-4-6-2-3-11-5-6/h6H,2-5H2,1H3,(H3,8,9,10)/t6-/m1/s1. The van der Waals surface area contributed by atoms with Crippen LogP contribution in [0.2, 0.25) is 0 Å². The Morgan fingerprint density at radius 3 is 3.18 bits per heavy atom. The zero-order valence-electron chi connectivity index (χ0n) is 6.84. The van der Waals surface area contributed by atoms with Gasteiger partial charge in [-0.05, 0) is 6.42 Å². The Labute approximate surface area is 66.8 Å². The minimum atomic E-state index is 0.511. The van der Waals surface area contributed by atoms with Crippen LogP contribution in [0, 0.1) is 5.92 Å². The highest BCUT2D eigenvalue weighted by Crippen LogP contribution is 2.10. The molecule has 0 aromatic rings. The number of guanidine groups is 1. The van der Waals surface area contributed by atoms with Crippen LogP contribution in [-0.4, -0.2) is 32.8 Å². The van der Waals surface area contributed by atoms with Gasteiger partial charge in [-0.15, -0.1) is 0 Å². The Morgan fingerprint density at radius 2 is 2.64 bits per heavy atom. The Balaban J connectivity index is 2.11. The topological polar surface area (TPSA) is 59.6 Å². The Bertz CT molecular complexity index is 141. The van der Waals surface area contributed by atoms with Crippen LogP contribution in [-0.2, 0) is 4.74 Å². The van der Waals surface area contributed by atoms with Crippen molar-refractivity contribution in [2.75, 3.05) is 26.8 Å². The maximum Gasteiger partial charge on any atom is 0.188 e. The number of hydrogen-bond donors (Lipinski definition) is 2. The highest BCUT2D eigenvalue weighted by Gasteiger charge is 2.14. The van der Waals surface area contributed by atoms with Crippen molar-refractivity contribution in [3.05, 3.63) is 0 Å². The average molecular weight is 157 g/mol. The molecule has 0 amide bonds. The first-order chi connectivity index (χ1) is 5.33. The van der Waals surface area contributed by atoms with Gasteiger partial charge in [-0.25, -0.2) is 0 Å². The van der Waals surface area contributed by atoms with Crippen LogP contribution < -0.4 is 11.1 Å². The zero-order valence-corrected chi connectivity index (χ0v) is 6.84. The Hall–Kier alpha value is -0.770. The molecule has 0 saturated carbocycles. The molecule has 0 radical (unpaired) electrons. The molecule has 1 heterocycles. The lowest BCUT2D eigenvalue weighted by Crippen LogP contribution is -2.35. The largest absolute Gasteiger partial charge is 0.381 e. The zero-order chi connectivity index (χ0) is 8.10. The Morgan fingerprint density at radius 1 is 1.82 bits per heavy atom. The van der Waals surface area contributed by atoms with Gasteiger partial charge in [-0.2, -0.15) is 0 Å². The summed E-state index contributed by atoms with van der Waals surface area (Å²) in [5.41, 5.74) is 5.45. The minimum absolute atomic E-state index is 0.511. The molecule has 4 heteroatoms. The number of nitrogens with one attached hydrogen (secondary N) is 1. The average Bonchev–Trinajstić information content (AvgIpc) is 2.52. The molecule has 3 N–H and O–H groups in total. The van der Waals surface area contributed by atoms with E-state index in [1.807, 2.05) is 0 Å². The molecule has 0 unspecified atom stereocenters. The third-order valence-electron chi connectivity index (χ3n) is 1.84. The molecule has 64 valence electrons. The molecule has 0 aromatic carbocycles. The van der Waals surface area contributed by atoms with E-state index in [9.17, 15) is 0 Å². The highest BCUT2D eigenvalue weighted by molar-refractivity contribution is 5.77. The van der Waals surface area contributed by atoms with E-state index in [-0.39, 0.29) is 0 Å². The van der Waals surface area contributed by atoms with Crippen LogP contribution >= 0.6 is 0 Å².